The molecule has 1 aliphatic heterocycles. The fourth-order valence-electron chi connectivity index (χ4n) is 2.03. The molecule has 2 amide bonds. The standard InChI is InChI=1S/C13H16ClN3O3/c14-11-4-3-8(7-16-11)6-9(12(15)18)17-13(19)10-2-1-5-20-10/h3-4,7,9-10H,1-2,5-6H2,(H2,15,18)(H,17,19)/t9-,10+/m0/s1. The predicted octanol–water partition coefficient (Wildman–Crippen LogP) is 0.427. The Morgan fingerprint density at radius 3 is 2.90 bits per heavy atom. The molecule has 108 valence electrons. The number of amides is 2. The van der Waals surface area contributed by atoms with Gasteiger partial charge < -0.3 is 15.8 Å². The van der Waals surface area contributed by atoms with Crippen molar-refractivity contribution >= 4 is 23.4 Å². The van der Waals surface area contributed by atoms with E-state index >= 15 is 0 Å². The molecule has 1 aromatic rings. The number of aromatic nitrogens is 1. The van der Waals surface area contributed by atoms with E-state index in [9.17, 15) is 9.59 Å². The van der Waals surface area contributed by atoms with Crippen LogP contribution in [0.15, 0.2) is 18.3 Å². The van der Waals surface area contributed by atoms with E-state index in [1.807, 2.05) is 0 Å². The van der Waals surface area contributed by atoms with Gasteiger partial charge in [0.1, 0.15) is 17.3 Å². The highest BCUT2D eigenvalue weighted by Gasteiger charge is 2.27. The van der Waals surface area contributed by atoms with E-state index in [0.29, 0.717) is 18.2 Å². The summed E-state index contributed by atoms with van der Waals surface area (Å²) in [4.78, 5) is 27.3. The minimum absolute atomic E-state index is 0.276. The molecule has 3 N–H and O–H groups in total. The van der Waals surface area contributed by atoms with Crippen LogP contribution in [0.2, 0.25) is 5.15 Å². The van der Waals surface area contributed by atoms with Crippen LogP contribution in [-0.2, 0) is 20.7 Å². The van der Waals surface area contributed by atoms with Crippen LogP contribution < -0.4 is 11.1 Å². The topological polar surface area (TPSA) is 94.3 Å². The molecular formula is C13H16ClN3O3. The van der Waals surface area contributed by atoms with Gasteiger partial charge in [0.25, 0.3) is 0 Å². The first-order chi connectivity index (χ1) is 9.56. The maximum atomic E-state index is 11.9. The van der Waals surface area contributed by atoms with Crippen molar-refractivity contribution in [1.29, 1.82) is 0 Å². The molecule has 0 spiro atoms. The number of pyridine rings is 1. The van der Waals surface area contributed by atoms with E-state index < -0.39 is 18.1 Å². The average molecular weight is 298 g/mol. The number of hydrogen-bond acceptors (Lipinski definition) is 4. The zero-order chi connectivity index (χ0) is 14.5. The Hall–Kier alpha value is -1.66. The lowest BCUT2D eigenvalue weighted by Crippen LogP contribution is -2.49. The maximum Gasteiger partial charge on any atom is 0.249 e. The summed E-state index contributed by atoms with van der Waals surface area (Å²) >= 11 is 5.69. The summed E-state index contributed by atoms with van der Waals surface area (Å²) in [5.74, 6) is -0.889. The van der Waals surface area contributed by atoms with Gasteiger partial charge in [-0.1, -0.05) is 17.7 Å². The number of rotatable bonds is 5. The SMILES string of the molecule is NC(=O)[C@H](Cc1ccc(Cl)nc1)NC(=O)[C@H]1CCCO1. The number of carbonyl (C=O) groups excluding carboxylic acids is 2. The highest BCUT2D eigenvalue weighted by Crippen LogP contribution is 2.13. The van der Waals surface area contributed by atoms with E-state index in [1.165, 1.54) is 0 Å². The van der Waals surface area contributed by atoms with Crippen molar-refractivity contribution in [2.24, 2.45) is 5.73 Å². The molecule has 7 heteroatoms. The maximum absolute atomic E-state index is 11.9. The van der Waals surface area contributed by atoms with Gasteiger partial charge in [0.2, 0.25) is 11.8 Å². The molecule has 0 radical (unpaired) electrons. The monoisotopic (exact) mass is 297 g/mol. The Balaban J connectivity index is 1.98. The van der Waals surface area contributed by atoms with Crippen LogP contribution in [0.3, 0.4) is 0 Å². The van der Waals surface area contributed by atoms with Crippen molar-refractivity contribution in [1.82, 2.24) is 10.3 Å². The number of hydrogen-bond donors (Lipinski definition) is 2. The van der Waals surface area contributed by atoms with E-state index in [0.717, 1.165) is 12.0 Å². The highest BCUT2D eigenvalue weighted by atomic mass is 35.5. The van der Waals surface area contributed by atoms with Crippen molar-refractivity contribution in [2.75, 3.05) is 6.61 Å². The molecule has 2 heterocycles. The fourth-order valence-corrected chi connectivity index (χ4v) is 2.15. The van der Waals surface area contributed by atoms with Crippen molar-refractivity contribution in [2.45, 2.75) is 31.4 Å². The molecule has 1 saturated heterocycles. The Bertz CT molecular complexity index is 486. The number of nitrogens with one attached hydrogen (secondary N) is 1. The van der Waals surface area contributed by atoms with Gasteiger partial charge in [-0.05, 0) is 24.5 Å². The molecule has 1 fully saturated rings. The van der Waals surface area contributed by atoms with Crippen LogP contribution in [0.25, 0.3) is 0 Å². The molecule has 2 atom stereocenters. The zero-order valence-corrected chi connectivity index (χ0v) is 11.6. The van der Waals surface area contributed by atoms with Gasteiger partial charge >= 0.3 is 0 Å². The summed E-state index contributed by atoms with van der Waals surface area (Å²) in [7, 11) is 0. The zero-order valence-electron chi connectivity index (χ0n) is 10.8. The van der Waals surface area contributed by atoms with Crippen molar-refractivity contribution in [3.8, 4) is 0 Å². The molecule has 0 unspecified atom stereocenters. The minimum atomic E-state index is -0.783. The number of nitrogens with zero attached hydrogens (tertiary/aromatic N) is 1. The lowest BCUT2D eigenvalue weighted by atomic mass is 10.1. The molecule has 1 aromatic heterocycles. The molecule has 20 heavy (non-hydrogen) atoms. The van der Waals surface area contributed by atoms with Gasteiger partial charge in [-0.25, -0.2) is 4.98 Å². The normalized spacial score (nSPS) is 19.6. The molecule has 0 saturated carbocycles. The first-order valence-electron chi connectivity index (χ1n) is 6.38. The van der Waals surface area contributed by atoms with Gasteiger partial charge in [0, 0.05) is 19.2 Å². The molecule has 1 aliphatic rings. The van der Waals surface area contributed by atoms with Crippen LogP contribution in [0.1, 0.15) is 18.4 Å². The number of primary amides is 1. The largest absolute Gasteiger partial charge is 0.368 e. The summed E-state index contributed by atoms with van der Waals surface area (Å²) in [5.41, 5.74) is 6.09. The van der Waals surface area contributed by atoms with Gasteiger partial charge in [0.15, 0.2) is 0 Å². The average Bonchev–Trinajstić information content (AvgIpc) is 2.94. The smallest absolute Gasteiger partial charge is 0.249 e. The highest BCUT2D eigenvalue weighted by molar-refractivity contribution is 6.29. The minimum Gasteiger partial charge on any atom is -0.368 e. The summed E-state index contributed by atoms with van der Waals surface area (Å²) in [5, 5.41) is 2.99. The molecule has 0 aromatic carbocycles. The summed E-state index contributed by atoms with van der Waals surface area (Å²) in [6, 6.07) is 2.58. The quantitative estimate of drug-likeness (QED) is 0.770. The summed E-state index contributed by atoms with van der Waals surface area (Å²) in [6.45, 7) is 0.570. The van der Waals surface area contributed by atoms with Crippen molar-refractivity contribution < 1.29 is 14.3 Å². The van der Waals surface area contributed by atoms with Crippen LogP contribution in [0.4, 0.5) is 0 Å². The van der Waals surface area contributed by atoms with E-state index in [1.54, 1.807) is 18.3 Å². The Morgan fingerprint density at radius 2 is 2.35 bits per heavy atom. The molecule has 0 aliphatic carbocycles. The molecule has 0 bridgehead atoms. The predicted molar refractivity (Wildman–Crippen MR) is 73.1 cm³/mol. The van der Waals surface area contributed by atoms with Gasteiger partial charge in [-0.15, -0.1) is 0 Å². The van der Waals surface area contributed by atoms with Crippen molar-refractivity contribution in [3.05, 3.63) is 29.0 Å². The number of nitrogens with two attached hydrogens (primary N) is 1. The lowest BCUT2D eigenvalue weighted by molar-refractivity contribution is -0.133. The Morgan fingerprint density at radius 1 is 1.55 bits per heavy atom. The molecular weight excluding hydrogens is 282 g/mol. The first-order valence-corrected chi connectivity index (χ1v) is 6.76. The van der Waals surface area contributed by atoms with Gasteiger partial charge in [0.05, 0.1) is 0 Å². The van der Waals surface area contributed by atoms with E-state index in [4.69, 9.17) is 22.1 Å². The lowest BCUT2D eigenvalue weighted by Gasteiger charge is -2.17. The van der Waals surface area contributed by atoms with Gasteiger partial charge in [-0.2, -0.15) is 0 Å². The fraction of sp³-hybridized carbons (Fsp3) is 0.462. The van der Waals surface area contributed by atoms with Crippen LogP contribution >= 0.6 is 11.6 Å². The molecule has 2 rings (SSSR count). The van der Waals surface area contributed by atoms with Crippen LogP contribution in [0, 0.1) is 0 Å². The van der Waals surface area contributed by atoms with Gasteiger partial charge in [-0.3, -0.25) is 9.59 Å². The Labute approximate surface area is 121 Å². The van der Waals surface area contributed by atoms with E-state index in [-0.39, 0.29) is 12.3 Å². The second-order valence-corrected chi connectivity index (χ2v) is 5.05. The van der Waals surface area contributed by atoms with Crippen molar-refractivity contribution in [3.63, 3.8) is 0 Å². The van der Waals surface area contributed by atoms with Crippen LogP contribution in [-0.4, -0.2) is 35.6 Å². The van der Waals surface area contributed by atoms with E-state index in [2.05, 4.69) is 10.3 Å². The third kappa shape index (κ3) is 3.91. The molecule has 6 nitrogen and oxygen atoms in total. The van der Waals surface area contributed by atoms with Crippen LogP contribution in [0.5, 0.6) is 0 Å². The number of halogens is 1. The number of ether oxygens (including phenoxy) is 1. The first kappa shape index (κ1) is 14.7. The second kappa shape index (κ2) is 6.67. The summed E-state index contributed by atoms with van der Waals surface area (Å²) < 4.78 is 5.27. The third-order valence-corrected chi connectivity index (χ3v) is 3.33. The third-order valence-electron chi connectivity index (χ3n) is 3.11. The Kier molecular flexibility index (Phi) is 4.92. The second-order valence-electron chi connectivity index (χ2n) is 4.66. The number of carbonyl (C=O) groups is 2. The summed E-state index contributed by atoms with van der Waals surface area (Å²) in [6.07, 6.45) is 2.86.